The molecule has 1 heterocycles. The van der Waals surface area contributed by atoms with E-state index in [1.54, 1.807) is 0 Å². The van der Waals surface area contributed by atoms with Crippen LogP contribution in [0.4, 0.5) is 0 Å². The molecule has 2 atom stereocenters. The van der Waals surface area contributed by atoms with Gasteiger partial charge in [0.2, 0.25) is 0 Å². The van der Waals surface area contributed by atoms with Crippen molar-refractivity contribution < 1.29 is 0 Å². The molecule has 0 aromatic heterocycles. The summed E-state index contributed by atoms with van der Waals surface area (Å²) in [6.45, 7) is 12.1. The van der Waals surface area contributed by atoms with Gasteiger partial charge >= 0.3 is 0 Å². The lowest BCUT2D eigenvalue weighted by Crippen LogP contribution is -2.56. The van der Waals surface area contributed by atoms with Crippen LogP contribution < -0.4 is 5.32 Å². The first-order valence-corrected chi connectivity index (χ1v) is 9.05. The van der Waals surface area contributed by atoms with Gasteiger partial charge in [-0.25, -0.2) is 0 Å². The Morgan fingerprint density at radius 2 is 1.60 bits per heavy atom. The second kappa shape index (κ2) is 9.01. The van der Waals surface area contributed by atoms with Gasteiger partial charge in [0, 0.05) is 38.3 Å². The molecular formula is C17H35N3. The smallest absolute Gasteiger partial charge is 0.0250 e. The van der Waals surface area contributed by atoms with Crippen LogP contribution in [-0.2, 0) is 0 Å². The maximum Gasteiger partial charge on any atom is 0.0250 e. The van der Waals surface area contributed by atoms with Crippen molar-refractivity contribution in [2.24, 2.45) is 0 Å². The van der Waals surface area contributed by atoms with E-state index < -0.39 is 0 Å². The maximum absolute atomic E-state index is 3.86. The summed E-state index contributed by atoms with van der Waals surface area (Å²) in [7, 11) is 0. The molecule has 2 unspecified atom stereocenters. The Kier molecular flexibility index (Phi) is 7.32. The summed E-state index contributed by atoms with van der Waals surface area (Å²) < 4.78 is 0. The van der Waals surface area contributed by atoms with Gasteiger partial charge in [0.25, 0.3) is 0 Å². The first-order chi connectivity index (χ1) is 9.85. The molecule has 1 saturated heterocycles. The molecule has 1 aliphatic heterocycles. The summed E-state index contributed by atoms with van der Waals surface area (Å²) in [5.74, 6) is 0. The fourth-order valence-corrected chi connectivity index (χ4v) is 3.88. The van der Waals surface area contributed by atoms with E-state index in [0.29, 0.717) is 0 Å². The molecule has 2 rings (SSSR count). The fourth-order valence-electron chi connectivity index (χ4n) is 3.88. The summed E-state index contributed by atoms with van der Waals surface area (Å²) in [5.41, 5.74) is 0. The number of nitrogens with one attached hydrogen (secondary N) is 1. The van der Waals surface area contributed by atoms with Gasteiger partial charge in [-0.15, -0.1) is 0 Å². The molecule has 3 nitrogen and oxygen atoms in total. The van der Waals surface area contributed by atoms with Crippen molar-refractivity contribution in [2.45, 2.75) is 70.9 Å². The molecule has 0 aromatic carbocycles. The van der Waals surface area contributed by atoms with Crippen LogP contribution in [0.5, 0.6) is 0 Å². The normalized spacial score (nSPS) is 30.9. The van der Waals surface area contributed by atoms with Gasteiger partial charge in [-0.1, -0.05) is 39.5 Å². The van der Waals surface area contributed by atoms with E-state index in [9.17, 15) is 0 Å². The largest absolute Gasteiger partial charge is 0.312 e. The fraction of sp³-hybridized carbons (Fsp3) is 1.00. The molecule has 3 heteroatoms. The highest BCUT2D eigenvalue weighted by atomic mass is 15.3. The Labute approximate surface area is 126 Å². The molecule has 2 aliphatic rings. The molecule has 0 spiro atoms. The zero-order chi connectivity index (χ0) is 14.2. The summed E-state index contributed by atoms with van der Waals surface area (Å²) in [6, 6.07) is 1.53. The highest BCUT2D eigenvalue weighted by Gasteiger charge is 2.29. The third-order valence-corrected chi connectivity index (χ3v) is 5.21. The number of hydrogen-bond acceptors (Lipinski definition) is 3. The van der Waals surface area contributed by atoms with Crippen LogP contribution in [-0.4, -0.2) is 61.2 Å². The lowest BCUT2D eigenvalue weighted by Gasteiger charge is -2.43. The van der Waals surface area contributed by atoms with Crippen molar-refractivity contribution in [3.8, 4) is 0 Å². The van der Waals surface area contributed by atoms with Gasteiger partial charge in [0.15, 0.2) is 0 Å². The predicted molar refractivity (Wildman–Crippen MR) is 87.3 cm³/mol. The van der Waals surface area contributed by atoms with E-state index in [4.69, 9.17) is 0 Å². The van der Waals surface area contributed by atoms with Gasteiger partial charge in [0.05, 0.1) is 0 Å². The lowest BCUT2D eigenvalue weighted by molar-refractivity contribution is 0.0700. The molecule has 0 bridgehead atoms. The quantitative estimate of drug-likeness (QED) is 0.836. The number of hydrogen-bond donors (Lipinski definition) is 1. The third-order valence-electron chi connectivity index (χ3n) is 5.21. The third kappa shape index (κ3) is 4.71. The van der Waals surface area contributed by atoms with E-state index in [1.165, 1.54) is 84.2 Å². The van der Waals surface area contributed by atoms with E-state index in [2.05, 4.69) is 29.0 Å². The molecule has 0 radical (unpaired) electrons. The van der Waals surface area contributed by atoms with Crippen LogP contribution in [0.15, 0.2) is 0 Å². The van der Waals surface area contributed by atoms with Crippen molar-refractivity contribution in [3.05, 3.63) is 0 Å². The zero-order valence-corrected chi connectivity index (χ0v) is 13.7. The predicted octanol–water partition coefficient (Wildman–Crippen LogP) is 2.71. The number of rotatable bonds is 5. The minimum atomic E-state index is 0.739. The summed E-state index contributed by atoms with van der Waals surface area (Å²) in [5, 5.41) is 3.86. The Morgan fingerprint density at radius 3 is 2.25 bits per heavy atom. The molecule has 1 saturated carbocycles. The number of nitrogens with zero attached hydrogens (tertiary/aromatic N) is 2. The molecular weight excluding hydrogens is 246 g/mol. The Hall–Kier alpha value is -0.120. The monoisotopic (exact) mass is 281 g/mol. The van der Waals surface area contributed by atoms with Crippen molar-refractivity contribution in [3.63, 3.8) is 0 Å². The summed E-state index contributed by atoms with van der Waals surface area (Å²) >= 11 is 0. The topological polar surface area (TPSA) is 18.5 Å². The van der Waals surface area contributed by atoms with E-state index in [0.717, 1.165) is 12.1 Å². The second-order valence-electron chi connectivity index (χ2n) is 6.59. The highest BCUT2D eigenvalue weighted by molar-refractivity contribution is 4.88. The zero-order valence-electron chi connectivity index (χ0n) is 13.7. The maximum atomic E-state index is 3.86. The van der Waals surface area contributed by atoms with Crippen LogP contribution in [0.2, 0.25) is 0 Å². The standard InChI is InChI=1S/C17H35N3/c1-3-11-18-16-9-7-5-6-8-10-17(16)20-14-12-19(4-2)13-15-20/h16-18H,3-15H2,1-2H3. The van der Waals surface area contributed by atoms with Gasteiger partial charge in [-0.05, 0) is 32.4 Å². The number of piperazine rings is 1. The van der Waals surface area contributed by atoms with Crippen LogP contribution in [0.3, 0.4) is 0 Å². The molecule has 1 N–H and O–H groups in total. The average molecular weight is 281 g/mol. The van der Waals surface area contributed by atoms with Crippen LogP contribution in [0.1, 0.15) is 58.8 Å². The van der Waals surface area contributed by atoms with Crippen LogP contribution in [0.25, 0.3) is 0 Å². The van der Waals surface area contributed by atoms with Crippen molar-refractivity contribution in [1.29, 1.82) is 0 Å². The highest BCUT2D eigenvalue weighted by Crippen LogP contribution is 2.23. The summed E-state index contributed by atoms with van der Waals surface area (Å²) in [4.78, 5) is 5.39. The minimum Gasteiger partial charge on any atom is -0.312 e. The molecule has 1 aliphatic carbocycles. The molecule has 20 heavy (non-hydrogen) atoms. The molecule has 2 fully saturated rings. The Bertz CT molecular complexity index is 247. The summed E-state index contributed by atoms with van der Waals surface area (Å²) in [6.07, 6.45) is 9.81. The Balaban J connectivity index is 1.91. The Morgan fingerprint density at radius 1 is 0.900 bits per heavy atom. The van der Waals surface area contributed by atoms with Crippen LogP contribution in [0, 0.1) is 0 Å². The van der Waals surface area contributed by atoms with E-state index in [-0.39, 0.29) is 0 Å². The first-order valence-electron chi connectivity index (χ1n) is 9.05. The minimum absolute atomic E-state index is 0.739. The van der Waals surface area contributed by atoms with Gasteiger partial charge in [-0.2, -0.15) is 0 Å². The first kappa shape index (κ1) is 16.3. The van der Waals surface area contributed by atoms with E-state index in [1.807, 2.05) is 0 Å². The lowest BCUT2D eigenvalue weighted by atomic mass is 9.90. The van der Waals surface area contributed by atoms with Crippen molar-refractivity contribution in [1.82, 2.24) is 15.1 Å². The SMILES string of the molecule is CCCNC1CCCCCCC1N1CCN(CC)CC1. The van der Waals surface area contributed by atoms with Gasteiger partial charge < -0.3 is 10.2 Å². The molecule has 118 valence electrons. The van der Waals surface area contributed by atoms with Crippen molar-refractivity contribution in [2.75, 3.05) is 39.3 Å². The van der Waals surface area contributed by atoms with E-state index >= 15 is 0 Å². The van der Waals surface area contributed by atoms with Gasteiger partial charge in [0.1, 0.15) is 0 Å². The van der Waals surface area contributed by atoms with Crippen molar-refractivity contribution >= 4 is 0 Å². The number of likely N-dealkylation sites (N-methyl/N-ethyl adjacent to an activating group) is 1. The average Bonchev–Trinajstić information content (AvgIpc) is 2.47. The van der Waals surface area contributed by atoms with Crippen LogP contribution >= 0.6 is 0 Å². The molecule has 0 aromatic rings. The second-order valence-corrected chi connectivity index (χ2v) is 6.59. The van der Waals surface area contributed by atoms with Gasteiger partial charge in [-0.3, -0.25) is 4.90 Å². The molecule has 0 amide bonds.